The Kier molecular flexibility index (Phi) is 4.04. The van der Waals surface area contributed by atoms with Crippen molar-refractivity contribution in [2.24, 2.45) is 0 Å². The molecule has 0 aliphatic rings. The highest BCUT2D eigenvalue weighted by Gasteiger charge is 2.14. The van der Waals surface area contributed by atoms with Gasteiger partial charge in [0.15, 0.2) is 0 Å². The molecule has 1 heterocycles. The highest BCUT2D eigenvalue weighted by molar-refractivity contribution is 9.10. The normalized spacial score (nSPS) is 11.2. The SMILES string of the molecule is O=S(=O)(Nc1ccc(Br)nc1)c1cccc(Br)c1. The second-order valence-corrected chi connectivity index (χ2v) is 6.84. The molecular formula is C11H8Br2N2O2S. The Morgan fingerprint density at radius 3 is 2.50 bits per heavy atom. The van der Waals surface area contributed by atoms with E-state index in [0.717, 1.165) is 0 Å². The van der Waals surface area contributed by atoms with Gasteiger partial charge in [0.05, 0.1) is 16.8 Å². The van der Waals surface area contributed by atoms with Gasteiger partial charge in [-0.3, -0.25) is 4.72 Å². The largest absolute Gasteiger partial charge is 0.278 e. The predicted molar refractivity (Wildman–Crippen MR) is 76.9 cm³/mol. The summed E-state index contributed by atoms with van der Waals surface area (Å²) in [5.41, 5.74) is 0.415. The number of hydrogen-bond donors (Lipinski definition) is 1. The molecule has 0 amide bonds. The number of benzene rings is 1. The molecule has 1 aromatic heterocycles. The molecule has 2 rings (SSSR count). The number of sulfonamides is 1. The Hall–Kier alpha value is -0.920. The van der Waals surface area contributed by atoms with Crippen LogP contribution in [0.3, 0.4) is 0 Å². The maximum Gasteiger partial charge on any atom is 0.261 e. The zero-order valence-electron chi connectivity index (χ0n) is 8.97. The van der Waals surface area contributed by atoms with Crippen LogP contribution in [-0.4, -0.2) is 13.4 Å². The van der Waals surface area contributed by atoms with Crippen molar-refractivity contribution in [3.8, 4) is 0 Å². The van der Waals surface area contributed by atoms with Crippen LogP contribution in [-0.2, 0) is 10.0 Å². The molecule has 1 aromatic carbocycles. The average Bonchev–Trinajstić information content (AvgIpc) is 2.32. The molecule has 0 fully saturated rings. The van der Waals surface area contributed by atoms with Gasteiger partial charge in [-0.25, -0.2) is 13.4 Å². The number of hydrogen-bond acceptors (Lipinski definition) is 3. The zero-order valence-corrected chi connectivity index (χ0v) is 13.0. The van der Waals surface area contributed by atoms with E-state index >= 15 is 0 Å². The second-order valence-electron chi connectivity index (χ2n) is 3.43. The smallest absolute Gasteiger partial charge is 0.261 e. The monoisotopic (exact) mass is 390 g/mol. The molecule has 0 radical (unpaired) electrons. The van der Waals surface area contributed by atoms with Crippen LogP contribution in [0.15, 0.2) is 56.6 Å². The van der Waals surface area contributed by atoms with Crippen molar-refractivity contribution in [2.45, 2.75) is 4.90 Å². The highest BCUT2D eigenvalue weighted by Crippen LogP contribution is 2.19. The lowest BCUT2D eigenvalue weighted by atomic mass is 10.4. The van der Waals surface area contributed by atoms with Crippen molar-refractivity contribution in [3.05, 3.63) is 51.7 Å². The lowest BCUT2D eigenvalue weighted by Gasteiger charge is -2.07. The van der Waals surface area contributed by atoms with E-state index in [4.69, 9.17) is 0 Å². The molecule has 0 spiro atoms. The van der Waals surface area contributed by atoms with Gasteiger partial charge in [0.2, 0.25) is 0 Å². The molecule has 94 valence electrons. The minimum absolute atomic E-state index is 0.194. The molecule has 0 unspecified atom stereocenters. The van der Waals surface area contributed by atoms with Crippen molar-refractivity contribution < 1.29 is 8.42 Å². The fourth-order valence-electron chi connectivity index (χ4n) is 1.28. The van der Waals surface area contributed by atoms with Crippen molar-refractivity contribution in [2.75, 3.05) is 4.72 Å². The van der Waals surface area contributed by atoms with Gasteiger partial charge < -0.3 is 0 Å². The van der Waals surface area contributed by atoms with Crippen molar-refractivity contribution in [1.29, 1.82) is 0 Å². The maximum absolute atomic E-state index is 12.1. The number of nitrogens with zero attached hydrogens (tertiary/aromatic N) is 1. The first-order valence-electron chi connectivity index (χ1n) is 4.87. The third-order valence-electron chi connectivity index (χ3n) is 2.09. The first-order chi connectivity index (χ1) is 8.47. The summed E-state index contributed by atoms with van der Waals surface area (Å²) in [6.07, 6.45) is 1.44. The topological polar surface area (TPSA) is 59.1 Å². The van der Waals surface area contributed by atoms with E-state index in [9.17, 15) is 8.42 Å². The van der Waals surface area contributed by atoms with Crippen LogP contribution in [0.1, 0.15) is 0 Å². The van der Waals surface area contributed by atoms with Gasteiger partial charge in [0, 0.05) is 4.47 Å². The van der Waals surface area contributed by atoms with E-state index in [1.807, 2.05) is 0 Å². The summed E-state index contributed by atoms with van der Waals surface area (Å²) < 4.78 is 27.9. The maximum atomic E-state index is 12.1. The molecule has 4 nitrogen and oxygen atoms in total. The molecule has 18 heavy (non-hydrogen) atoms. The molecule has 7 heteroatoms. The minimum Gasteiger partial charge on any atom is -0.278 e. The summed E-state index contributed by atoms with van der Waals surface area (Å²) in [6.45, 7) is 0. The van der Waals surface area contributed by atoms with Gasteiger partial charge >= 0.3 is 0 Å². The first-order valence-corrected chi connectivity index (χ1v) is 7.94. The fraction of sp³-hybridized carbons (Fsp3) is 0. The van der Waals surface area contributed by atoms with E-state index < -0.39 is 10.0 Å². The second kappa shape index (κ2) is 5.38. The van der Waals surface area contributed by atoms with Gasteiger partial charge in [-0.05, 0) is 46.3 Å². The van der Waals surface area contributed by atoms with Crippen molar-refractivity contribution >= 4 is 47.6 Å². The number of halogens is 2. The van der Waals surface area contributed by atoms with Gasteiger partial charge in [-0.15, -0.1) is 0 Å². The lowest BCUT2D eigenvalue weighted by Crippen LogP contribution is -2.12. The lowest BCUT2D eigenvalue weighted by molar-refractivity contribution is 0.601. The Bertz CT molecular complexity index is 657. The molecule has 0 aliphatic carbocycles. The van der Waals surface area contributed by atoms with Gasteiger partial charge in [-0.2, -0.15) is 0 Å². The van der Waals surface area contributed by atoms with Crippen LogP contribution < -0.4 is 4.72 Å². The molecule has 0 atom stereocenters. The fourth-order valence-corrected chi connectivity index (χ4v) is 3.16. The Morgan fingerprint density at radius 2 is 1.89 bits per heavy atom. The molecule has 0 bridgehead atoms. The number of pyridine rings is 1. The molecular weight excluding hydrogens is 384 g/mol. The third-order valence-corrected chi connectivity index (χ3v) is 4.43. The molecule has 0 saturated heterocycles. The molecule has 0 saturated carbocycles. The van der Waals surface area contributed by atoms with E-state index in [1.54, 1.807) is 24.3 Å². The van der Waals surface area contributed by atoms with Crippen molar-refractivity contribution in [3.63, 3.8) is 0 Å². The quantitative estimate of drug-likeness (QED) is 0.815. The highest BCUT2D eigenvalue weighted by atomic mass is 79.9. The summed E-state index contributed by atoms with van der Waals surface area (Å²) in [4.78, 5) is 4.15. The predicted octanol–water partition coefficient (Wildman–Crippen LogP) is 3.41. The van der Waals surface area contributed by atoms with Gasteiger partial charge in [-0.1, -0.05) is 22.0 Å². The summed E-state index contributed by atoms with van der Waals surface area (Å²) >= 11 is 6.42. The van der Waals surface area contributed by atoms with Crippen LogP contribution in [0.2, 0.25) is 0 Å². The Morgan fingerprint density at radius 1 is 1.11 bits per heavy atom. The molecule has 0 aliphatic heterocycles. The van der Waals surface area contributed by atoms with Gasteiger partial charge in [0.25, 0.3) is 10.0 Å². The summed E-state index contributed by atoms with van der Waals surface area (Å²) in [5, 5.41) is 0. The average molecular weight is 392 g/mol. The number of nitrogens with one attached hydrogen (secondary N) is 1. The summed E-state index contributed by atoms with van der Waals surface area (Å²) in [5.74, 6) is 0. The van der Waals surface area contributed by atoms with E-state index in [-0.39, 0.29) is 4.90 Å². The molecule has 2 aromatic rings. The van der Waals surface area contributed by atoms with Gasteiger partial charge in [0.1, 0.15) is 4.60 Å². The van der Waals surface area contributed by atoms with Crippen LogP contribution in [0.5, 0.6) is 0 Å². The van der Waals surface area contributed by atoms with Crippen LogP contribution in [0.25, 0.3) is 0 Å². The Balaban J connectivity index is 2.30. The van der Waals surface area contributed by atoms with Crippen LogP contribution in [0.4, 0.5) is 5.69 Å². The zero-order chi connectivity index (χ0) is 13.2. The Labute approximate surface area is 122 Å². The van der Waals surface area contributed by atoms with Crippen LogP contribution >= 0.6 is 31.9 Å². The number of anilines is 1. The number of rotatable bonds is 3. The number of aromatic nitrogens is 1. The van der Waals surface area contributed by atoms with Crippen molar-refractivity contribution in [1.82, 2.24) is 4.98 Å². The van der Waals surface area contributed by atoms with E-state index in [1.165, 1.54) is 18.3 Å². The molecule has 1 N–H and O–H groups in total. The van der Waals surface area contributed by atoms with E-state index in [0.29, 0.717) is 14.8 Å². The first kappa shape index (κ1) is 13.5. The summed E-state index contributed by atoms with van der Waals surface area (Å²) in [6, 6.07) is 9.79. The summed E-state index contributed by atoms with van der Waals surface area (Å²) in [7, 11) is -3.58. The minimum atomic E-state index is -3.58. The van der Waals surface area contributed by atoms with Crippen LogP contribution in [0, 0.1) is 0 Å². The van der Waals surface area contributed by atoms with E-state index in [2.05, 4.69) is 41.6 Å². The third kappa shape index (κ3) is 3.30. The standard InChI is InChI=1S/C11H8Br2N2O2S/c12-8-2-1-3-10(6-8)18(16,17)15-9-4-5-11(13)14-7-9/h1-7,15H.